The quantitative estimate of drug-likeness (QED) is 0.245. The van der Waals surface area contributed by atoms with Crippen molar-refractivity contribution >= 4 is 48.1 Å². The molecule has 3 rings (SSSR count). The smallest absolute Gasteiger partial charge is 0.295 e. The molecule has 0 aromatic heterocycles. The molecule has 182 valence electrons. The number of rotatable bonds is 9. The van der Waals surface area contributed by atoms with Gasteiger partial charge in [0.15, 0.2) is 0 Å². The van der Waals surface area contributed by atoms with Crippen LogP contribution in [0.25, 0.3) is 10.8 Å². The molecule has 34 heavy (non-hydrogen) atoms. The largest absolute Gasteiger partial charge is 0.506 e. The van der Waals surface area contributed by atoms with Crippen LogP contribution in [0.2, 0.25) is 0 Å². The lowest BCUT2D eigenvalue weighted by molar-refractivity contribution is 0.468. The van der Waals surface area contributed by atoms with Crippen molar-refractivity contribution in [1.29, 1.82) is 0 Å². The Morgan fingerprint density at radius 3 is 2.15 bits per heavy atom. The highest BCUT2D eigenvalue weighted by Crippen LogP contribution is 2.41. The van der Waals surface area contributed by atoms with Gasteiger partial charge in [0.05, 0.1) is 5.75 Å². The van der Waals surface area contributed by atoms with E-state index in [0.717, 1.165) is 6.07 Å². The Morgan fingerprint density at radius 1 is 0.882 bits per heavy atom. The Balaban J connectivity index is 1.91. The summed E-state index contributed by atoms with van der Waals surface area (Å²) in [5.74, 6) is -1.13. The molecule has 3 aromatic carbocycles. The molecule has 0 radical (unpaired) electrons. The van der Waals surface area contributed by atoms with Crippen LogP contribution in [0, 0.1) is 0 Å². The lowest BCUT2D eigenvalue weighted by atomic mass is 10.1. The summed E-state index contributed by atoms with van der Waals surface area (Å²) in [5, 5.41) is 29.1. The second-order valence-electron chi connectivity index (χ2n) is 7.36. The van der Waals surface area contributed by atoms with Gasteiger partial charge in [-0.15, -0.1) is 10.2 Å². The van der Waals surface area contributed by atoms with Crippen LogP contribution in [0.15, 0.2) is 63.7 Å². The molecule has 0 saturated heterocycles. The number of phenols is 2. The maximum Gasteiger partial charge on any atom is 0.295 e. The molecule has 0 atom stereocenters. The average molecular weight is 510 g/mol. The molecule has 0 bridgehead atoms. The van der Waals surface area contributed by atoms with Gasteiger partial charge in [-0.3, -0.25) is 9.11 Å². The second-order valence-corrected chi connectivity index (χ2v) is 10.3. The van der Waals surface area contributed by atoms with Crippen LogP contribution in [0.5, 0.6) is 11.5 Å². The molecule has 0 heterocycles. The van der Waals surface area contributed by atoms with Gasteiger partial charge in [0.1, 0.15) is 27.8 Å². The molecule has 11 nitrogen and oxygen atoms in total. The maximum absolute atomic E-state index is 11.7. The zero-order chi connectivity index (χ0) is 25.1. The fourth-order valence-electron chi connectivity index (χ4n) is 3.44. The van der Waals surface area contributed by atoms with Crippen LogP contribution in [-0.2, 0) is 20.2 Å². The number of hydrogen-bond donors (Lipinski definition) is 4. The number of anilines is 1. The number of hydrogen-bond acceptors (Lipinski definition) is 9. The lowest BCUT2D eigenvalue weighted by Crippen LogP contribution is -2.25. The summed E-state index contributed by atoms with van der Waals surface area (Å²) in [6, 6.07) is 11.5. The van der Waals surface area contributed by atoms with Gasteiger partial charge in [-0.05, 0) is 25.5 Å². The number of fused-ring (bicyclic) bond motifs is 1. The van der Waals surface area contributed by atoms with E-state index in [-0.39, 0.29) is 40.1 Å². The van der Waals surface area contributed by atoms with E-state index in [9.17, 15) is 31.6 Å². The minimum atomic E-state index is -4.60. The third-order valence-electron chi connectivity index (χ3n) is 5.03. The Morgan fingerprint density at radius 2 is 1.56 bits per heavy atom. The minimum absolute atomic E-state index is 0.0492. The molecule has 0 amide bonds. The van der Waals surface area contributed by atoms with Gasteiger partial charge in [-0.1, -0.05) is 24.3 Å². The highest BCUT2D eigenvalue weighted by Gasteiger charge is 2.19. The van der Waals surface area contributed by atoms with E-state index >= 15 is 0 Å². The number of azo groups is 1. The van der Waals surface area contributed by atoms with E-state index < -0.39 is 30.9 Å². The first kappa shape index (κ1) is 25.4. The monoisotopic (exact) mass is 509 g/mol. The van der Waals surface area contributed by atoms with Gasteiger partial charge in [0.2, 0.25) is 0 Å². The van der Waals surface area contributed by atoms with Crippen LogP contribution in [0.4, 0.5) is 17.1 Å². The fourth-order valence-corrected chi connectivity index (χ4v) is 4.65. The van der Waals surface area contributed by atoms with E-state index in [0.29, 0.717) is 18.8 Å². The van der Waals surface area contributed by atoms with Crippen LogP contribution in [0.1, 0.15) is 13.3 Å². The predicted octanol–water partition coefficient (Wildman–Crippen LogP) is 4.02. The van der Waals surface area contributed by atoms with Crippen molar-refractivity contribution < 1.29 is 36.2 Å². The summed E-state index contributed by atoms with van der Waals surface area (Å²) in [7, 11) is -8.66. The van der Waals surface area contributed by atoms with Crippen molar-refractivity contribution in [2.45, 2.75) is 18.2 Å². The SMILES string of the molecule is CCN(CCCS(=O)(=O)O)c1ccc(N=Nc2c(O)cc(S(=O)(=O)O)c3ccccc23)c(O)c1. The molecule has 0 saturated carbocycles. The van der Waals surface area contributed by atoms with E-state index in [4.69, 9.17) is 4.55 Å². The van der Waals surface area contributed by atoms with Gasteiger partial charge in [-0.25, -0.2) is 0 Å². The van der Waals surface area contributed by atoms with Crippen LogP contribution in [0.3, 0.4) is 0 Å². The molecule has 4 N–H and O–H groups in total. The fraction of sp³-hybridized carbons (Fsp3) is 0.238. The van der Waals surface area contributed by atoms with E-state index in [1.165, 1.54) is 24.3 Å². The molecule has 13 heteroatoms. The molecule has 3 aromatic rings. The summed E-state index contributed by atoms with van der Waals surface area (Å²) in [4.78, 5) is 1.33. The highest BCUT2D eigenvalue weighted by atomic mass is 32.2. The Bertz CT molecular complexity index is 1450. The van der Waals surface area contributed by atoms with E-state index in [1.807, 2.05) is 6.92 Å². The first-order valence-corrected chi connectivity index (χ1v) is 13.1. The van der Waals surface area contributed by atoms with Gasteiger partial charge in [0.25, 0.3) is 20.2 Å². The van der Waals surface area contributed by atoms with Crippen molar-refractivity contribution in [3.05, 3.63) is 48.5 Å². The summed E-state index contributed by atoms with van der Waals surface area (Å²) >= 11 is 0. The number of benzene rings is 3. The normalized spacial score (nSPS) is 12.4. The van der Waals surface area contributed by atoms with Crippen LogP contribution >= 0.6 is 0 Å². The van der Waals surface area contributed by atoms with Crippen LogP contribution in [-0.4, -0.2) is 55.0 Å². The van der Waals surface area contributed by atoms with Gasteiger partial charge < -0.3 is 15.1 Å². The minimum Gasteiger partial charge on any atom is -0.506 e. The predicted molar refractivity (Wildman–Crippen MR) is 127 cm³/mol. The number of nitrogens with zero attached hydrogens (tertiary/aromatic N) is 3. The third kappa shape index (κ3) is 5.99. The van der Waals surface area contributed by atoms with Crippen molar-refractivity contribution in [3.8, 4) is 11.5 Å². The third-order valence-corrected chi connectivity index (χ3v) is 6.73. The molecule has 0 aliphatic carbocycles. The Labute approximate surface area is 196 Å². The molecular weight excluding hydrogens is 486 g/mol. The van der Waals surface area contributed by atoms with Crippen LogP contribution < -0.4 is 4.90 Å². The second kappa shape index (κ2) is 9.93. The van der Waals surface area contributed by atoms with E-state index in [1.54, 1.807) is 23.1 Å². The Kier molecular flexibility index (Phi) is 7.41. The van der Waals surface area contributed by atoms with Crippen molar-refractivity contribution in [3.63, 3.8) is 0 Å². The molecular formula is C21H23N3O8S2. The van der Waals surface area contributed by atoms with Gasteiger partial charge in [0, 0.05) is 41.7 Å². The van der Waals surface area contributed by atoms with Crippen molar-refractivity contribution in [1.82, 2.24) is 0 Å². The van der Waals surface area contributed by atoms with Gasteiger partial charge >= 0.3 is 0 Å². The Hall–Kier alpha value is -3.26. The standard InChI is InChI=1S/C21H23N3O8S2/c1-2-24(10-5-11-33(27,28)29)14-8-9-17(18(25)12-14)22-23-21-16-7-4-3-6-15(16)20(13-19(21)26)34(30,31)32/h3-4,6-9,12-13,25-26H,2,5,10-11H2,1H3,(H,27,28,29)(H,30,31,32). The summed E-state index contributed by atoms with van der Waals surface area (Å²) in [6.45, 7) is 2.70. The molecule has 0 spiro atoms. The molecule has 0 aliphatic heterocycles. The van der Waals surface area contributed by atoms with Crippen molar-refractivity contribution in [2.24, 2.45) is 10.2 Å². The zero-order valence-electron chi connectivity index (χ0n) is 18.0. The summed E-state index contributed by atoms with van der Waals surface area (Å²) < 4.78 is 63.5. The molecule has 0 unspecified atom stereocenters. The first-order valence-electron chi connectivity index (χ1n) is 10.1. The molecule has 0 aliphatic rings. The molecule has 0 fully saturated rings. The topological polar surface area (TPSA) is 177 Å². The number of aromatic hydroxyl groups is 2. The van der Waals surface area contributed by atoms with Crippen molar-refractivity contribution in [2.75, 3.05) is 23.7 Å². The average Bonchev–Trinajstić information content (AvgIpc) is 2.75. The summed E-state index contributed by atoms with van der Waals surface area (Å²) in [6.07, 6.45) is 0.195. The maximum atomic E-state index is 11.7. The van der Waals surface area contributed by atoms with Gasteiger partial charge in [-0.2, -0.15) is 16.8 Å². The number of phenolic OH excluding ortho intramolecular Hbond substituents is 2. The zero-order valence-corrected chi connectivity index (χ0v) is 19.7. The van der Waals surface area contributed by atoms with E-state index in [2.05, 4.69) is 10.2 Å². The highest BCUT2D eigenvalue weighted by molar-refractivity contribution is 7.86. The first-order chi connectivity index (χ1) is 15.9. The summed E-state index contributed by atoms with van der Waals surface area (Å²) in [5.41, 5.74) is 0.618. The lowest BCUT2D eigenvalue weighted by Gasteiger charge is -2.23.